The van der Waals surface area contributed by atoms with Crippen LogP contribution in [0.25, 0.3) is 0 Å². The van der Waals surface area contributed by atoms with Crippen molar-refractivity contribution in [3.8, 4) is 0 Å². The largest absolute Gasteiger partial charge is 0.335 e. The van der Waals surface area contributed by atoms with Gasteiger partial charge >= 0.3 is 6.03 Å². The fraction of sp³-hybridized carbons (Fsp3) is 0.714. The summed E-state index contributed by atoms with van der Waals surface area (Å²) in [6.45, 7) is 2.63. The molecule has 1 aliphatic carbocycles. The molecule has 0 saturated heterocycles. The minimum Gasteiger partial charge on any atom is -0.335 e. The molecule has 2 rings (SSSR count). The first-order valence-electron chi connectivity index (χ1n) is 7.24. The van der Waals surface area contributed by atoms with Crippen LogP contribution < -0.4 is 10.6 Å². The molecule has 1 aromatic rings. The summed E-state index contributed by atoms with van der Waals surface area (Å²) in [5.41, 5.74) is 2.16. The molecule has 0 radical (unpaired) electrons. The van der Waals surface area contributed by atoms with Gasteiger partial charge in [-0.2, -0.15) is 5.10 Å². The fourth-order valence-corrected chi connectivity index (χ4v) is 2.69. The predicted octanol–water partition coefficient (Wildman–Crippen LogP) is 2.11. The van der Waals surface area contributed by atoms with Gasteiger partial charge in [-0.25, -0.2) is 4.79 Å². The molecule has 1 heterocycles. The van der Waals surface area contributed by atoms with Gasteiger partial charge in [-0.05, 0) is 19.3 Å². The topological polar surface area (TPSA) is 59.0 Å². The maximum absolute atomic E-state index is 11.8. The van der Waals surface area contributed by atoms with Crippen LogP contribution >= 0.6 is 0 Å². The van der Waals surface area contributed by atoms with E-state index in [9.17, 15) is 4.79 Å². The van der Waals surface area contributed by atoms with Crippen molar-refractivity contribution in [3.05, 3.63) is 17.5 Å². The fourth-order valence-electron chi connectivity index (χ4n) is 2.69. The summed E-state index contributed by atoms with van der Waals surface area (Å²) in [5, 5.41) is 10.4. The standard InChI is InChI=1S/C14H24N4O/c1-3-13-11(10-18(2)17-13)9-15-14(19)16-12-7-5-4-6-8-12/h10,12H,3-9H2,1-2H3,(H2,15,16,19). The Hall–Kier alpha value is -1.52. The number of carbonyl (C=O) groups is 1. The molecule has 0 bridgehead atoms. The Bertz CT molecular complexity index is 421. The SMILES string of the molecule is CCc1nn(C)cc1CNC(=O)NC1CCCCC1. The van der Waals surface area contributed by atoms with Crippen LogP contribution in [-0.4, -0.2) is 21.9 Å². The normalized spacial score (nSPS) is 16.3. The third-order valence-corrected chi connectivity index (χ3v) is 3.71. The van der Waals surface area contributed by atoms with Gasteiger partial charge in [0.25, 0.3) is 0 Å². The Balaban J connectivity index is 1.79. The van der Waals surface area contributed by atoms with Crippen molar-refractivity contribution in [2.75, 3.05) is 0 Å². The van der Waals surface area contributed by atoms with Crippen LogP contribution in [-0.2, 0) is 20.0 Å². The first-order chi connectivity index (χ1) is 9.19. The van der Waals surface area contributed by atoms with E-state index in [1.807, 2.05) is 13.2 Å². The van der Waals surface area contributed by atoms with Gasteiger partial charge in [-0.1, -0.05) is 26.2 Å². The Labute approximate surface area is 114 Å². The average Bonchev–Trinajstić information content (AvgIpc) is 2.78. The molecule has 0 atom stereocenters. The van der Waals surface area contributed by atoms with Gasteiger partial charge in [-0.3, -0.25) is 4.68 Å². The second kappa shape index (κ2) is 6.59. The van der Waals surface area contributed by atoms with Crippen molar-refractivity contribution >= 4 is 6.03 Å². The molecule has 1 fully saturated rings. The number of hydrogen-bond acceptors (Lipinski definition) is 2. The Morgan fingerprint density at radius 3 is 2.84 bits per heavy atom. The molecule has 0 spiro atoms. The number of aryl methyl sites for hydroxylation is 2. The van der Waals surface area contributed by atoms with Crippen molar-refractivity contribution in [2.45, 2.75) is 58.0 Å². The quantitative estimate of drug-likeness (QED) is 0.875. The van der Waals surface area contributed by atoms with Crippen molar-refractivity contribution in [2.24, 2.45) is 7.05 Å². The smallest absolute Gasteiger partial charge is 0.315 e. The number of hydrogen-bond donors (Lipinski definition) is 2. The lowest BCUT2D eigenvalue weighted by Crippen LogP contribution is -2.42. The van der Waals surface area contributed by atoms with Gasteiger partial charge in [0.15, 0.2) is 0 Å². The second-order valence-electron chi connectivity index (χ2n) is 5.29. The van der Waals surface area contributed by atoms with Gasteiger partial charge in [0.1, 0.15) is 0 Å². The van der Waals surface area contributed by atoms with Crippen molar-refractivity contribution < 1.29 is 4.79 Å². The summed E-state index contributed by atoms with van der Waals surface area (Å²) in [6, 6.07) is 0.297. The summed E-state index contributed by atoms with van der Waals surface area (Å²) in [4.78, 5) is 11.8. The van der Waals surface area contributed by atoms with Gasteiger partial charge < -0.3 is 10.6 Å². The number of nitrogens with one attached hydrogen (secondary N) is 2. The molecule has 106 valence electrons. The summed E-state index contributed by atoms with van der Waals surface area (Å²) in [6.07, 6.45) is 8.85. The molecule has 0 unspecified atom stereocenters. The van der Waals surface area contributed by atoms with Crippen LogP contribution in [0.4, 0.5) is 4.79 Å². The highest BCUT2D eigenvalue weighted by Gasteiger charge is 2.15. The molecule has 2 N–H and O–H groups in total. The van der Waals surface area contributed by atoms with E-state index in [1.165, 1.54) is 19.3 Å². The number of amides is 2. The van der Waals surface area contributed by atoms with E-state index < -0.39 is 0 Å². The predicted molar refractivity (Wildman–Crippen MR) is 74.8 cm³/mol. The van der Waals surface area contributed by atoms with Crippen LogP contribution in [0, 0.1) is 0 Å². The molecule has 1 aliphatic rings. The van der Waals surface area contributed by atoms with Crippen molar-refractivity contribution in [3.63, 3.8) is 0 Å². The van der Waals surface area contributed by atoms with E-state index in [0.717, 1.165) is 30.5 Å². The average molecular weight is 264 g/mol. The van der Waals surface area contributed by atoms with Gasteiger partial charge in [0, 0.05) is 31.4 Å². The van der Waals surface area contributed by atoms with Crippen molar-refractivity contribution in [1.29, 1.82) is 0 Å². The number of urea groups is 1. The maximum Gasteiger partial charge on any atom is 0.315 e. The zero-order valence-corrected chi connectivity index (χ0v) is 11.9. The summed E-state index contributed by atoms with van der Waals surface area (Å²) in [5.74, 6) is 0. The molecule has 0 aromatic carbocycles. The first kappa shape index (κ1) is 13.9. The Kier molecular flexibility index (Phi) is 4.82. The Morgan fingerprint density at radius 1 is 1.42 bits per heavy atom. The summed E-state index contributed by atoms with van der Waals surface area (Å²) >= 11 is 0. The summed E-state index contributed by atoms with van der Waals surface area (Å²) < 4.78 is 1.80. The monoisotopic (exact) mass is 264 g/mol. The van der Waals surface area contributed by atoms with E-state index in [-0.39, 0.29) is 6.03 Å². The highest BCUT2D eigenvalue weighted by Crippen LogP contribution is 2.17. The highest BCUT2D eigenvalue weighted by atomic mass is 16.2. The minimum absolute atomic E-state index is 0.0576. The molecular formula is C14H24N4O. The van der Waals surface area contributed by atoms with Crippen LogP contribution in [0.5, 0.6) is 0 Å². The molecule has 5 nitrogen and oxygen atoms in total. The summed E-state index contributed by atoms with van der Waals surface area (Å²) in [7, 11) is 1.91. The van der Waals surface area contributed by atoms with Gasteiger partial charge in [0.2, 0.25) is 0 Å². The van der Waals surface area contributed by atoms with Crippen molar-refractivity contribution in [1.82, 2.24) is 20.4 Å². The van der Waals surface area contributed by atoms with Gasteiger partial charge in [0.05, 0.1) is 5.69 Å². The Morgan fingerprint density at radius 2 is 2.16 bits per heavy atom. The molecular weight excluding hydrogens is 240 g/mol. The third kappa shape index (κ3) is 3.98. The van der Waals surface area contributed by atoms with E-state index in [1.54, 1.807) is 4.68 Å². The zero-order chi connectivity index (χ0) is 13.7. The maximum atomic E-state index is 11.8. The number of rotatable bonds is 4. The lowest BCUT2D eigenvalue weighted by Gasteiger charge is -2.22. The van der Waals surface area contributed by atoms with E-state index in [0.29, 0.717) is 12.6 Å². The number of nitrogens with zero attached hydrogens (tertiary/aromatic N) is 2. The van der Waals surface area contributed by atoms with E-state index >= 15 is 0 Å². The van der Waals surface area contributed by atoms with Gasteiger partial charge in [-0.15, -0.1) is 0 Å². The van der Waals surface area contributed by atoms with Crippen LogP contribution in [0.2, 0.25) is 0 Å². The lowest BCUT2D eigenvalue weighted by atomic mass is 9.96. The molecule has 5 heteroatoms. The zero-order valence-electron chi connectivity index (χ0n) is 11.9. The van der Waals surface area contributed by atoms with Crippen LogP contribution in [0.15, 0.2) is 6.20 Å². The molecule has 1 aromatic heterocycles. The van der Waals surface area contributed by atoms with E-state index in [2.05, 4.69) is 22.7 Å². The first-order valence-corrected chi connectivity index (χ1v) is 7.24. The molecule has 1 saturated carbocycles. The molecule has 19 heavy (non-hydrogen) atoms. The van der Waals surface area contributed by atoms with Crippen LogP contribution in [0.3, 0.4) is 0 Å². The van der Waals surface area contributed by atoms with E-state index in [4.69, 9.17) is 0 Å². The lowest BCUT2D eigenvalue weighted by molar-refractivity contribution is 0.232. The number of carbonyl (C=O) groups excluding carboxylic acids is 1. The highest BCUT2D eigenvalue weighted by molar-refractivity contribution is 5.74. The number of aromatic nitrogens is 2. The minimum atomic E-state index is -0.0576. The second-order valence-corrected chi connectivity index (χ2v) is 5.29. The third-order valence-electron chi connectivity index (χ3n) is 3.71. The molecule has 0 aliphatic heterocycles. The molecule has 2 amide bonds. The van der Waals surface area contributed by atoms with Crippen LogP contribution in [0.1, 0.15) is 50.3 Å².